The molecule has 1 heterocycles. The molecule has 0 radical (unpaired) electrons. The van der Waals surface area contributed by atoms with Crippen LogP contribution in [0.5, 0.6) is 0 Å². The van der Waals surface area contributed by atoms with Crippen molar-refractivity contribution in [2.45, 2.75) is 19.8 Å². The molecule has 22 heavy (non-hydrogen) atoms. The summed E-state index contributed by atoms with van der Waals surface area (Å²) in [6, 6.07) is 15.7. The second kappa shape index (κ2) is 6.28. The molecule has 0 atom stereocenters. The summed E-state index contributed by atoms with van der Waals surface area (Å²) in [5, 5.41) is 3.34. The van der Waals surface area contributed by atoms with Gasteiger partial charge in [0.1, 0.15) is 0 Å². The Morgan fingerprint density at radius 1 is 1.14 bits per heavy atom. The molecule has 2 aromatic rings. The number of hydrogen-bond acceptors (Lipinski definition) is 2. The van der Waals surface area contributed by atoms with E-state index in [2.05, 4.69) is 17.4 Å². The van der Waals surface area contributed by atoms with Gasteiger partial charge in [0.25, 0.3) is 5.91 Å². The van der Waals surface area contributed by atoms with Crippen LogP contribution >= 0.6 is 12.2 Å². The van der Waals surface area contributed by atoms with Crippen LogP contribution in [0, 0.1) is 6.92 Å². The first-order valence-electron chi connectivity index (χ1n) is 7.43. The molecular weight excluding hydrogens is 292 g/mol. The van der Waals surface area contributed by atoms with Gasteiger partial charge in [0.15, 0.2) is 5.11 Å². The van der Waals surface area contributed by atoms with Crippen molar-refractivity contribution in [3.8, 4) is 0 Å². The first-order chi connectivity index (χ1) is 10.7. The minimum atomic E-state index is -0.147. The summed E-state index contributed by atoms with van der Waals surface area (Å²) in [4.78, 5) is 14.4. The van der Waals surface area contributed by atoms with E-state index in [0.29, 0.717) is 10.7 Å². The average molecular weight is 310 g/mol. The van der Waals surface area contributed by atoms with Crippen molar-refractivity contribution in [2.24, 2.45) is 0 Å². The molecule has 4 heteroatoms. The Morgan fingerprint density at radius 2 is 1.86 bits per heavy atom. The number of aryl methyl sites for hydroxylation is 2. The lowest BCUT2D eigenvalue weighted by atomic mass is 10.0. The van der Waals surface area contributed by atoms with Gasteiger partial charge in [-0.15, -0.1) is 0 Å². The van der Waals surface area contributed by atoms with Crippen molar-refractivity contribution in [2.75, 3.05) is 11.4 Å². The van der Waals surface area contributed by atoms with Gasteiger partial charge in [-0.3, -0.25) is 10.1 Å². The zero-order valence-electron chi connectivity index (χ0n) is 12.5. The number of benzene rings is 2. The first-order valence-corrected chi connectivity index (χ1v) is 7.84. The van der Waals surface area contributed by atoms with Crippen LogP contribution < -0.4 is 10.2 Å². The number of rotatable bonds is 1. The molecule has 1 aliphatic heterocycles. The second-order valence-electron chi connectivity index (χ2n) is 5.46. The minimum Gasteiger partial charge on any atom is -0.318 e. The van der Waals surface area contributed by atoms with Crippen LogP contribution in [-0.2, 0) is 6.42 Å². The van der Waals surface area contributed by atoms with Crippen LogP contribution in [0.1, 0.15) is 27.9 Å². The molecular formula is C18H18N2OS. The van der Waals surface area contributed by atoms with E-state index in [0.717, 1.165) is 30.6 Å². The lowest BCUT2D eigenvalue weighted by Gasteiger charge is -2.31. The van der Waals surface area contributed by atoms with Gasteiger partial charge in [0.05, 0.1) is 0 Å². The maximum absolute atomic E-state index is 12.4. The Kier molecular flexibility index (Phi) is 4.20. The minimum absolute atomic E-state index is 0.147. The molecule has 0 saturated carbocycles. The number of carbonyl (C=O) groups is 1. The van der Waals surface area contributed by atoms with Crippen LogP contribution in [0.15, 0.2) is 48.5 Å². The molecule has 2 aromatic carbocycles. The van der Waals surface area contributed by atoms with Gasteiger partial charge >= 0.3 is 0 Å². The predicted octanol–water partition coefficient (Wildman–Crippen LogP) is 3.46. The van der Waals surface area contributed by atoms with Crippen molar-refractivity contribution in [3.05, 3.63) is 65.2 Å². The third-order valence-electron chi connectivity index (χ3n) is 3.97. The number of para-hydroxylation sites is 1. The first kappa shape index (κ1) is 14.7. The van der Waals surface area contributed by atoms with E-state index in [4.69, 9.17) is 12.2 Å². The molecule has 1 aliphatic rings. The highest BCUT2D eigenvalue weighted by Crippen LogP contribution is 2.26. The van der Waals surface area contributed by atoms with E-state index in [1.807, 2.05) is 48.2 Å². The fourth-order valence-corrected chi connectivity index (χ4v) is 3.09. The van der Waals surface area contributed by atoms with E-state index < -0.39 is 0 Å². The largest absolute Gasteiger partial charge is 0.318 e. The SMILES string of the molecule is Cc1ccccc1C(=O)NC(=S)N1CCCc2ccccc21. The zero-order chi connectivity index (χ0) is 15.5. The highest BCUT2D eigenvalue weighted by molar-refractivity contribution is 7.80. The van der Waals surface area contributed by atoms with Crippen LogP contribution in [0.2, 0.25) is 0 Å². The van der Waals surface area contributed by atoms with Crippen molar-refractivity contribution in [1.82, 2.24) is 5.32 Å². The number of amides is 1. The molecule has 1 N–H and O–H groups in total. The smallest absolute Gasteiger partial charge is 0.257 e. The predicted molar refractivity (Wildman–Crippen MR) is 93.4 cm³/mol. The van der Waals surface area contributed by atoms with Crippen LogP contribution in [0.3, 0.4) is 0 Å². The molecule has 0 aliphatic carbocycles. The van der Waals surface area contributed by atoms with Gasteiger partial charge in [0, 0.05) is 17.8 Å². The summed E-state index contributed by atoms with van der Waals surface area (Å²) < 4.78 is 0. The Balaban J connectivity index is 1.79. The van der Waals surface area contributed by atoms with Gasteiger partial charge in [-0.2, -0.15) is 0 Å². The Hall–Kier alpha value is -2.20. The number of fused-ring (bicyclic) bond motifs is 1. The highest BCUT2D eigenvalue weighted by Gasteiger charge is 2.21. The monoisotopic (exact) mass is 310 g/mol. The normalized spacial score (nSPS) is 13.4. The van der Waals surface area contributed by atoms with E-state index in [1.54, 1.807) is 0 Å². The molecule has 3 nitrogen and oxygen atoms in total. The third kappa shape index (κ3) is 2.88. The summed E-state index contributed by atoms with van der Waals surface area (Å²) in [6.07, 6.45) is 2.10. The maximum atomic E-state index is 12.4. The van der Waals surface area contributed by atoms with Gasteiger partial charge < -0.3 is 4.90 Å². The zero-order valence-corrected chi connectivity index (χ0v) is 13.3. The van der Waals surface area contributed by atoms with E-state index in [1.165, 1.54) is 5.56 Å². The van der Waals surface area contributed by atoms with Crippen molar-refractivity contribution < 1.29 is 4.79 Å². The van der Waals surface area contributed by atoms with Gasteiger partial charge in [-0.05, 0) is 55.2 Å². The fourth-order valence-electron chi connectivity index (χ4n) is 2.80. The summed E-state index contributed by atoms with van der Waals surface area (Å²) >= 11 is 5.46. The summed E-state index contributed by atoms with van der Waals surface area (Å²) in [5.74, 6) is -0.147. The molecule has 3 rings (SSSR count). The molecule has 0 spiro atoms. The molecule has 0 aromatic heterocycles. The third-order valence-corrected chi connectivity index (χ3v) is 4.29. The standard InChI is InChI=1S/C18H18N2OS/c1-13-7-2-4-10-15(13)17(21)19-18(22)20-12-6-9-14-8-3-5-11-16(14)20/h2-5,7-8,10-11H,6,9,12H2,1H3,(H,19,21,22). The number of anilines is 1. The van der Waals surface area contributed by atoms with Crippen molar-refractivity contribution in [3.63, 3.8) is 0 Å². The molecule has 0 unspecified atom stereocenters. The second-order valence-corrected chi connectivity index (χ2v) is 5.84. The lowest BCUT2D eigenvalue weighted by molar-refractivity contribution is 0.0976. The number of nitrogens with zero attached hydrogens (tertiary/aromatic N) is 1. The number of nitrogens with one attached hydrogen (secondary N) is 1. The van der Waals surface area contributed by atoms with Crippen molar-refractivity contribution in [1.29, 1.82) is 0 Å². The Bertz CT molecular complexity index is 727. The van der Waals surface area contributed by atoms with Crippen LogP contribution in [0.25, 0.3) is 0 Å². The fraction of sp³-hybridized carbons (Fsp3) is 0.222. The molecule has 0 bridgehead atoms. The van der Waals surface area contributed by atoms with Gasteiger partial charge in [-0.25, -0.2) is 0 Å². The number of hydrogen-bond donors (Lipinski definition) is 1. The Labute approximate surface area is 136 Å². The Morgan fingerprint density at radius 3 is 2.68 bits per heavy atom. The molecule has 0 fully saturated rings. The quantitative estimate of drug-likeness (QED) is 0.819. The topological polar surface area (TPSA) is 32.3 Å². The van der Waals surface area contributed by atoms with E-state index in [-0.39, 0.29) is 5.91 Å². The van der Waals surface area contributed by atoms with Gasteiger partial charge in [-0.1, -0.05) is 36.4 Å². The molecule has 1 amide bonds. The van der Waals surface area contributed by atoms with E-state index >= 15 is 0 Å². The summed E-state index contributed by atoms with van der Waals surface area (Å²) in [6.45, 7) is 2.76. The maximum Gasteiger partial charge on any atom is 0.257 e. The highest BCUT2D eigenvalue weighted by atomic mass is 32.1. The molecule has 112 valence electrons. The average Bonchev–Trinajstić information content (AvgIpc) is 2.54. The summed E-state index contributed by atoms with van der Waals surface area (Å²) in [7, 11) is 0. The number of thiocarbonyl (C=S) groups is 1. The summed E-state index contributed by atoms with van der Waals surface area (Å²) in [5.41, 5.74) is 3.99. The van der Waals surface area contributed by atoms with Crippen molar-refractivity contribution >= 4 is 28.9 Å². The van der Waals surface area contributed by atoms with E-state index in [9.17, 15) is 4.79 Å². The number of carbonyl (C=O) groups excluding carboxylic acids is 1. The molecule has 0 saturated heterocycles. The van der Waals surface area contributed by atoms with Crippen LogP contribution in [0.4, 0.5) is 5.69 Å². The lowest BCUT2D eigenvalue weighted by Crippen LogP contribution is -2.45. The van der Waals surface area contributed by atoms with Gasteiger partial charge in [0.2, 0.25) is 0 Å². The van der Waals surface area contributed by atoms with Crippen LogP contribution in [-0.4, -0.2) is 17.6 Å².